The van der Waals surface area contributed by atoms with Crippen LogP contribution in [-0.2, 0) is 14.3 Å². The summed E-state index contributed by atoms with van der Waals surface area (Å²) in [5.74, 6) is -0.402. The Morgan fingerprint density at radius 3 is 2.65 bits per heavy atom. The van der Waals surface area contributed by atoms with Crippen molar-refractivity contribution >= 4 is 33.4 Å². The molecular formula is C14H19BrN2O3. The highest BCUT2D eigenvalue weighted by atomic mass is 79.9. The minimum atomic E-state index is -0.218. The molecule has 20 heavy (non-hydrogen) atoms. The molecule has 0 fully saturated rings. The minimum Gasteiger partial charge on any atom is -0.383 e. The second-order valence-corrected chi connectivity index (χ2v) is 5.26. The van der Waals surface area contributed by atoms with Crippen molar-refractivity contribution in [2.75, 3.05) is 31.7 Å². The molecule has 0 saturated carbocycles. The van der Waals surface area contributed by atoms with E-state index in [9.17, 15) is 9.59 Å². The largest absolute Gasteiger partial charge is 0.383 e. The number of halogens is 1. The number of aryl methyl sites for hydroxylation is 1. The third-order valence-electron chi connectivity index (χ3n) is 2.70. The van der Waals surface area contributed by atoms with Crippen molar-refractivity contribution in [3.8, 4) is 0 Å². The van der Waals surface area contributed by atoms with E-state index in [2.05, 4.69) is 21.2 Å². The van der Waals surface area contributed by atoms with Crippen LogP contribution in [-0.4, -0.2) is 38.6 Å². The Balaban J connectivity index is 2.79. The highest BCUT2D eigenvalue weighted by molar-refractivity contribution is 9.10. The van der Waals surface area contributed by atoms with Crippen LogP contribution in [0.25, 0.3) is 0 Å². The molecule has 5 nitrogen and oxygen atoms in total. The van der Waals surface area contributed by atoms with Gasteiger partial charge in [-0.2, -0.15) is 0 Å². The maximum atomic E-state index is 11.8. The number of anilines is 1. The van der Waals surface area contributed by atoms with Crippen LogP contribution in [0, 0.1) is 6.92 Å². The molecule has 6 heteroatoms. The van der Waals surface area contributed by atoms with Crippen molar-refractivity contribution in [2.45, 2.75) is 13.8 Å². The number of nitrogens with one attached hydrogen (secondary N) is 1. The number of amides is 2. The second kappa shape index (κ2) is 8.01. The molecule has 0 radical (unpaired) electrons. The van der Waals surface area contributed by atoms with Crippen LogP contribution in [0.4, 0.5) is 5.69 Å². The van der Waals surface area contributed by atoms with Crippen molar-refractivity contribution in [2.24, 2.45) is 0 Å². The topological polar surface area (TPSA) is 58.6 Å². The molecule has 1 N–H and O–H groups in total. The lowest BCUT2D eigenvalue weighted by atomic mass is 10.2. The Bertz CT molecular complexity index is 491. The minimum absolute atomic E-state index is 0.0132. The Kier molecular flexibility index (Phi) is 6.67. The zero-order chi connectivity index (χ0) is 15.1. The van der Waals surface area contributed by atoms with Crippen LogP contribution in [0.2, 0.25) is 0 Å². The van der Waals surface area contributed by atoms with Gasteiger partial charge < -0.3 is 15.0 Å². The predicted molar refractivity (Wildman–Crippen MR) is 81.8 cm³/mol. The first-order valence-electron chi connectivity index (χ1n) is 6.25. The van der Waals surface area contributed by atoms with Gasteiger partial charge in [-0.3, -0.25) is 9.59 Å². The summed E-state index contributed by atoms with van der Waals surface area (Å²) in [6, 6.07) is 5.64. The summed E-state index contributed by atoms with van der Waals surface area (Å²) in [6.07, 6.45) is 0. The second-order valence-electron chi connectivity index (χ2n) is 4.40. The van der Waals surface area contributed by atoms with Crippen molar-refractivity contribution < 1.29 is 14.3 Å². The highest BCUT2D eigenvalue weighted by Crippen LogP contribution is 2.27. The number of hydrogen-bond donors (Lipinski definition) is 1. The highest BCUT2D eigenvalue weighted by Gasteiger charge is 2.17. The van der Waals surface area contributed by atoms with Gasteiger partial charge in [0.1, 0.15) is 6.54 Å². The van der Waals surface area contributed by atoms with Crippen molar-refractivity contribution in [3.63, 3.8) is 0 Å². The summed E-state index contributed by atoms with van der Waals surface area (Å²) in [7, 11) is 1.57. The Labute approximate surface area is 127 Å². The molecule has 0 aliphatic heterocycles. The lowest BCUT2D eigenvalue weighted by Crippen LogP contribution is -2.40. The number of rotatable bonds is 6. The first kappa shape index (κ1) is 16.7. The van der Waals surface area contributed by atoms with E-state index in [-0.39, 0.29) is 18.4 Å². The quantitative estimate of drug-likeness (QED) is 0.803. The monoisotopic (exact) mass is 342 g/mol. The molecule has 0 heterocycles. The summed E-state index contributed by atoms with van der Waals surface area (Å²) in [5.41, 5.74) is 1.76. The normalized spacial score (nSPS) is 10.2. The van der Waals surface area contributed by atoms with Gasteiger partial charge in [-0.25, -0.2) is 0 Å². The van der Waals surface area contributed by atoms with Crippen molar-refractivity contribution in [3.05, 3.63) is 28.2 Å². The number of nitrogens with zero attached hydrogens (tertiary/aromatic N) is 1. The van der Waals surface area contributed by atoms with E-state index >= 15 is 0 Å². The zero-order valence-corrected chi connectivity index (χ0v) is 13.5. The molecule has 0 aliphatic rings. The summed E-state index contributed by atoms with van der Waals surface area (Å²) in [5, 5.41) is 2.70. The van der Waals surface area contributed by atoms with Gasteiger partial charge >= 0.3 is 0 Å². The average molecular weight is 343 g/mol. The Morgan fingerprint density at radius 1 is 1.40 bits per heavy atom. The third-order valence-corrected chi connectivity index (χ3v) is 3.34. The Hall–Kier alpha value is -1.40. The molecule has 0 atom stereocenters. The van der Waals surface area contributed by atoms with Gasteiger partial charge in [0.25, 0.3) is 0 Å². The smallest absolute Gasteiger partial charge is 0.240 e. The van der Waals surface area contributed by atoms with E-state index in [4.69, 9.17) is 4.74 Å². The maximum Gasteiger partial charge on any atom is 0.240 e. The van der Waals surface area contributed by atoms with Gasteiger partial charge in [-0.1, -0.05) is 6.07 Å². The van der Waals surface area contributed by atoms with Crippen LogP contribution >= 0.6 is 15.9 Å². The first-order valence-corrected chi connectivity index (χ1v) is 7.05. The van der Waals surface area contributed by atoms with Crippen molar-refractivity contribution in [1.82, 2.24) is 5.32 Å². The fourth-order valence-corrected chi connectivity index (χ4v) is 2.40. The maximum absolute atomic E-state index is 11.8. The molecule has 0 aromatic heterocycles. The fourth-order valence-electron chi connectivity index (χ4n) is 1.69. The van der Waals surface area contributed by atoms with Gasteiger partial charge in [0.05, 0.1) is 12.3 Å². The summed E-state index contributed by atoms with van der Waals surface area (Å²) < 4.78 is 5.65. The molecule has 0 unspecified atom stereocenters. The molecule has 1 aromatic rings. The molecule has 1 aromatic carbocycles. The lowest BCUT2D eigenvalue weighted by molar-refractivity contribution is -0.123. The number of hydrogen-bond acceptors (Lipinski definition) is 3. The van der Waals surface area contributed by atoms with E-state index in [1.54, 1.807) is 7.11 Å². The third kappa shape index (κ3) is 4.94. The van der Waals surface area contributed by atoms with E-state index in [1.165, 1.54) is 11.8 Å². The number of carbonyl (C=O) groups is 2. The van der Waals surface area contributed by atoms with Crippen molar-refractivity contribution in [1.29, 1.82) is 0 Å². The van der Waals surface area contributed by atoms with Crippen LogP contribution in [0.5, 0.6) is 0 Å². The van der Waals surface area contributed by atoms with E-state index in [1.807, 2.05) is 25.1 Å². The van der Waals surface area contributed by atoms with E-state index in [0.717, 1.165) is 10.0 Å². The average Bonchev–Trinajstić information content (AvgIpc) is 2.37. The molecular weight excluding hydrogens is 324 g/mol. The molecule has 0 aliphatic carbocycles. The van der Waals surface area contributed by atoms with Gasteiger partial charge in [-0.05, 0) is 40.5 Å². The SMILES string of the molecule is COCCNC(=O)CN(C(C)=O)c1ccc(C)cc1Br. The molecule has 1 rings (SSSR count). The molecule has 0 bridgehead atoms. The molecule has 110 valence electrons. The van der Waals surface area contributed by atoms with Gasteiger partial charge in [-0.15, -0.1) is 0 Å². The molecule has 0 spiro atoms. The van der Waals surface area contributed by atoms with Crippen LogP contribution in [0.15, 0.2) is 22.7 Å². The van der Waals surface area contributed by atoms with Crippen LogP contribution in [0.3, 0.4) is 0 Å². The summed E-state index contributed by atoms with van der Waals surface area (Å²) in [4.78, 5) is 25.0. The van der Waals surface area contributed by atoms with Gasteiger partial charge in [0.15, 0.2) is 0 Å². The number of ether oxygens (including phenoxy) is 1. The fraction of sp³-hybridized carbons (Fsp3) is 0.429. The zero-order valence-electron chi connectivity index (χ0n) is 11.9. The van der Waals surface area contributed by atoms with E-state index in [0.29, 0.717) is 18.8 Å². The van der Waals surface area contributed by atoms with Crippen LogP contribution in [0.1, 0.15) is 12.5 Å². The number of benzene rings is 1. The van der Waals surface area contributed by atoms with Crippen LogP contribution < -0.4 is 10.2 Å². The number of methoxy groups -OCH3 is 1. The number of carbonyl (C=O) groups excluding carboxylic acids is 2. The summed E-state index contributed by atoms with van der Waals surface area (Å²) >= 11 is 3.42. The molecule has 0 saturated heterocycles. The Morgan fingerprint density at radius 2 is 2.10 bits per heavy atom. The summed E-state index contributed by atoms with van der Waals surface area (Å²) in [6.45, 7) is 4.26. The lowest BCUT2D eigenvalue weighted by Gasteiger charge is -2.22. The molecule has 2 amide bonds. The van der Waals surface area contributed by atoms with E-state index < -0.39 is 0 Å². The van der Waals surface area contributed by atoms with Gasteiger partial charge in [0, 0.05) is 25.1 Å². The predicted octanol–water partition coefficient (Wildman–Crippen LogP) is 1.87. The standard InChI is InChI=1S/C14H19BrN2O3/c1-10-4-5-13(12(15)8-10)17(11(2)18)9-14(19)16-6-7-20-3/h4-5,8H,6-7,9H2,1-3H3,(H,16,19). The van der Waals surface area contributed by atoms with Gasteiger partial charge in [0.2, 0.25) is 11.8 Å². The first-order chi connectivity index (χ1) is 9.45.